The van der Waals surface area contributed by atoms with Crippen molar-refractivity contribution < 1.29 is 9.90 Å². The molecule has 17 heavy (non-hydrogen) atoms. The van der Waals surface area contributed by atoms with E-state index in [9.17, 15) is 9.90 Å². The number of fused-ring (bicyclic) bond motifs is 1. The van der Waals surface area contributed by atoms with Crippen LogP contribution in [0.15, 0.2) is 18.2 Å². The molecule has 0 aliphatic carbocycles. The molecule has 2 aromatic rings. The highest BCUT2D eigenvalue weighted by molar-refractivity contribution is 5.98. The Kier molecular flexibility index (Phi) is 2.64. The van der Waals surface area contributed by atoms with Gasteiger partial charge in [-0.2, -0.15) is 0 Å². The van der Waals surface area contributed by atoms with E-state index in [1.54, 1.807) is 4.57 Å². The van der Waals surface area contributed by atoms with Crippen molar-refractivity contribution in [3.8, 4) is 12.3 Å². The predicted octanol–water partition coefficient (Wildman–Crippen LogP) is 2.59. The van der Waals surface area contributed by atoms with Gasteiger partial charge in [0.25, 0.3) is 0 Å². The van der Waals surface area contributed by atoms with E-state index in [1.807, 2.05) is 32.0 Å². The van der Waals surface area contributed by atoms with Crippen LogP contribution in [0.1, 0.15) is 21.6 Å². The van der Waals surface area contributed by atoms with Crippen LogP contribution in [0.25, 0.3) is 10.9 Å². The number of carboxylic acid groups (broad SMARTS) is 1. The number of terminal acetylenes is 1. The molecular weight excluding hydrogens is 214 g/mol. The smallest absolute Gasteiger partial charge is 0.352 e. The molecule has 0 saturated carbocycles. The summed E-state index contributed by atoms with van der Waals surface area (Å²) < 4.78 is 1.67. The predicted molar refractivity (Wildman–Crippen MR) is 67.2 cm³/mol. The Balaban J connectivity index is 2.88. The Morgan fingerprint density at radius 1 is 1.47 bits per heavy atom. The molecule has 0 bridgehead atoms. The van der Waals surface area contributed by atoms with E-state index in [2.05, 4.69) is 5.92 Å². The summed E-state index contributed by atoms with van der Waals surface area (Å²) in [5.74, 6) is 1.56. The number of rotatable bonds is 2. The van der Waals surface area contributed by atoms with E-state index in [0.717, 1.165) is 22.0 Å². The quantitative estimate of drug-likeness (QED) is 0.801. The molecule has 0 aliphatic rings. The third kappa shape index (κ3) is 1.68. The second-order valence-corrected chi connectivity index (χ2v) is 4.09. The van der Waals surface area contributed by atoms with Gasteiger partial charge in [0.1, 0.15) is 5.69 Å². The number of hydrogen-bond donors (Lipinski definition) is 1. The summed E-state index contributed by atoms with van der Waals surface area (Å²) >= 11 is 0. The lowest BCUT2D eigenvalue weighted by Gasteiger charge is -2.03. The largest absolute Gasteiger partial charge is 0.477 e. The van der Waals surface area contributed by atoms with Crippen molar-refractivity contribution in [3.63, 3.8) is 0 Å². The van der Waals surface area contributed by atoms with Crippen LogP contribution in [0.3, 0.4) is 0 Å². The van der Waals surface area contributed by atoms with Crippen LogP contribution in [0, 0.1) is 26.2 Å². The maximum atomic E-state index is 11.3. The minimum atomic E-state index is -0.938. The zero-order chi connectivity index (χ0) is 12.6. The Hall–Kier alpha value is -2.21. The molecule has 86 valence electrons. The third-order valence-corrected chi connectivity index (χ3v) is 2.92. The monoisotopic (exact) mass is 227 g/mol. The highest BCUT2D eigenvalue weighted by atomic mass is 16.4. The van der Waals surface area contributed by atoms with Gasteiger partial charge in [-0.05, 0) is 31.5 Å². The fraction of sp³-hybridized carbons (Fsp3) is 0.214. The number of aryl methyl sites for hydroxylation is 2. The maximum absolute atomic E-state index is 11.3. The zero-order valence-corrected chi connectivity index (χ0v) is 9.82. The zero-order valence-electron chi connectivity index (χ0n) is 9.82. The van der Waals surface area contributed by atoms with E-state index in [4.69, 9.17) is 6.42 Å². The van der Waals surface area contributed by atoms with Crippen molar-refractivity contribution in [1.82, 2.24) is 4.57 Å². The highest BCUT2D eigenvalue weighted by Crippen LogP contribution is 2.26. The van der Waals surface area contributed by atoms with Gasteiger partial charge in [-0.25, -0.2) is 4.79 Å². The fourth-order valence-electron chi connectivity index (χ4n) is 2.17. The highest BCUT2D eigenvalue weighted by Gasteiger charge is 2.18. The lowest BCUT2D eigenvalue weighted by Crippen LogP contribution is -2.08. The van der Waals surface area contributed by atoms with Crippen LogP contribution in [0.2, 0.25) is 0 Å². The first-order valence-electron chi connectivity index (χ1n) is 5.32. The number of aromatic carboxylic acids is 1. The molecule has 0 spiro atoms. The minimum absolute atomic E-state index is 0.273. The molecule has 1 aromatic heterocycles. The normalized spacial score (nSPS) is 10.4. The second kappa shape index (κ2) is 3.99. The first-order chi connectivity index (χ1) is 8.06. The van der Waals surface area contributed by atoms with Gasteiger partial charge in [-0.3, -0.25) is 0 Å². The van der Waals surface area contributed by atoms with Crippen LogP contribution in [0.4, 0.5) is 0 Å². The second-order valence-electron chi connectivity index (χ2n) is 4.09. The minimum Gasteiger partial charge on any atom is -0.477 e. The van der Waals surface area contributed by atoms with Crippen molar-refractivity contribution in [2.24, 2.45) is 0 Å². The SMILES string of the molecule is C#CCn1c(C(=O)O)c(C)c2cc(C)ccc21. The molecule has 0 fully saturated rings. The van der Waals surface area contributed by atoms with Crippen molar-refractivity contribution in [2.45, 2.75) is 20.4 Å². The Morgan fingerprint density at radius 3 is 2.76 bits per heavy atom. The van der Waals surface area contributed by atoms with Crippen molar-refractivity contribution in [1.29, 1.82) is 0 Å². The topological polar surface area (TPSA) is 42.2 Å². The molecule has 3 heteroatoms. The van der Waals surface area contributed by atoms with Crippen LogP contribution < -0.4 is 0 Å². The van der Waals surface area contributed by atoms with Crippen LogP contribution >= 0.6 is 0 Å². The van der Waals surface area contributed by atoms with Gasteiger partial charge in [0.05, 0.1) is 6.54 Å². The van der Waals surface area contributed by atoms with E-state index in [-0.39, 0.29) is 12.2 Å². The summed E-state index contributed by atoms with van der Waals surface area (Å²) in [7, 11) is 0. The van der Waals surface area contributed by atoms with Gasteiger partial charge in [0, 0.05) is 10.9 Å². The molecule has 1 heterocycles. The van der Waals surface area contributed by atoms with E-state index >= 15 is 0 Å². The van der Waals surface area contributed by atoms with Gasteiger partial charge < -0.3 is 9.67 Å². The third-order valence-electron chi connectivity index (χ3n) is 2.92. The van der Waals surface area contributed by atoms with Gasteiger partial charge >= 0.3 is 5.97 Å². The molecule has 0 radical (unpaired) electrons. The Labute approximate surface area is 99.7 Å². The number of benzene rings is 1. The lowest BCUT2D eigenvalue weighted by atomic mass is 10.1. The molecular formula is C14H13NO2. The molecule has 3 nitrogen and oxygen atoms in total. The van der Waals surface area contributed by atoms with E-state index in [0.29, 0.717) is 0 Å². The molecule has 1 aromatic carbocycles. The summed E-state index contributed by atoms with van der Waals surface area (Å²) in [4.78, 5) is 11.3. The van der Waals surface area contributed by atoms with Crippen molar-refractivity contribution in [2.75, 3.05) is 0 Å². The average Bonchev–Trinajstić information content (AvgIpc) is 2.53. The number of hydrogen-bond acceptors (Lipinski definition) is 1. The first-order valence-corrected chi connectivity index (χ1v) is 5.32. The van der Waals surface area contributed by atoms with Crippen molar-refractivity contribution in [3.05, 3.63) is 35.0 Å². The Morgan fingerprint density at radius 2 is 2.18 bits per heavy atom. The molecule has 0 atom stereocenters. The first kappa shape index (κ1) is 11.3. The fourth-order valence-corrected chi connectivity index (χ4v) is 2.17. The standard InChI is InChI=1S/C14H13NO2/c1-4-7-15-12-6-5-9(2)8-11(12)10(3)13(15)14(16)17/h1,5-6,8H,7H2,2-3H3,(H,16,17). The van der Waals surface area contributed by atoms with Gasteiger partial charge in [0.2, 0.25) is 0 Å². The molecule has 0 unspecified atom stereocenters. The van der Waals surface area contributed by atoms with E-state index in [1.165, 1.54) is 0 Å². The van der Waals surface area contributed by atoms with Crippen LogP contribution in [-0.2, 0) is 6.54 Å². The van der Waals surface area contributed by atoms with E-state index < -0.39 is 5.97 Å². The summed E-state index contributed by atoms with van der Waals surface area (Å²) in [6, 6.07) is 5.87. The number of aromatic nitrogens is 1. The number of carboxylic acids is 1. The molecule has 2 rings (SSSR count). The van der Waals surface area contributed by atoms with Crippen LogP contribution in [-0.4, -0.2) is 15.6 Å². The average molecular weight is 227 g/mol. The van der Waals surface area contributed by atoms with Gasteiger partial charge in [-0.1, -0.05) is 17.6 Å². The Bertz CT molecular complexity index is 644. The van der Waals surface area contributed by atoms with Gasteiger partial charge in [0.15, 0.2) is 0 Å². The van der Waals surface area contributed by atoms with Gasteiger partial charge in [-0.15, -0.1) is 6.42 Å². The molecule has 0 amide bonds. The summed E-state index contributed by atoms with van der Waals surface area (Å²) in [5.41, 5.74) is 3.04. The molecule has 0 saturated heterocycles. The summed E-state index contributed by atoms with van der Waals surface area (Å²) in [6.45, 7) is 4.07. The maximum Gasteiger partial charge on any atom is 0.352 e. The number of nitrogens with zero attached hydrogens (tertiary/aromatic N) is 1. The summed E-state index contributed by atoms with van der Waals surface area (Å²) in [6.07, 6.45) is 5.30. The lowest BCUT2D eigenvalue weighted by molar-refractivity contribution is 0.0685. The summed E-state index contributed by atoms with van der Waals surface area (Å²) in [5, 5.41) is 10.2. The molecule has 1 N–H and O–H groups in total. The number of carbonyl (C=O) groups is 1. The van der Waals surface area contributed by atoms with Crippen LogP contribution in [0.5, 0.6) is 0 Å². The van der Waals surface area contributed by atoms with Crippen molar-refractivity contribution >= 4 is 16.9 Å². The molecule has 0 aliphatic heterocycles.